The Hall–Kier alpha value is -1.10. The van der Waals surface area contributed by atoms with Gasteiger partial charge in [0.25, 0.3) is 0 Å². The highest BCUT2D eigenvalue weighted by atomic mass is 79.9. The highest BCUT2D eigenvalue weighted by Crippen LogP contribution is 2.32. The number of ether oxygens (including phenoxy) is 1. The number of benzene rings is 1. The van der Waals surface area contributed by atoms with E-state index in [0.717, 1.165) is 12.8 Å². The van der Waals surface area contributed by atoms with Crippen molar-refractivity contribution in [3.05, 3.63) is 22.4 Å². The monoisotopic (exact) mass is 301 g/mol. The molecule has 1 saturated carbocycles. The Morgan fingerprint density at radius 3 is 2.88 bits per heavy atom. The molecule has 0 amide bonds. The van der Waals surface area contributed by atoms with Crippen LogP contribution >= 0.6 is 15.9 Å². The van der Waals surface area contributed by atoms with Gasteiger partial charge >= 0.3 is 0 Å². The van der Waals surface area contributed by atoms with Crippen LogP contribution in [0.4, 0.5) is 10.1 Å². The molecule has 1 aromatic rings. The van der Waals surface area contributed by atoms with E-state index in [0.29, 0.717) is 15.9 Å². The molecule has 1 aromatic carbocycles. The van der Waals surface area contributed by atoms with Crippen LogP contribution < -0.4 is 10.1 Å². The van der Waals surface area contributed by atoms with E-state index in [1.165, 1.54) is 13.2 Å². The molecule has 0 bridgehead atoms. The van der Waals surface area contributed by atoms with Gasteiger partial charge in [-0.3, -0.25) is 4.79 Å². The maximum absolute atomic E-state index is 13.3. The predicted molar refractivity (Wildman–Crippen MR) is 66.9 cm³/mol. The zero-order valence-electron chi connectivity index (χ0n) is 9.43. The fraction of sp³-hybridized carbons (Fsp3) is 0.417. The number of Topliss-reactive ketones (excluding diaryl/α,β-unsaturated/α-hetero) is 1. The highest BCUT2D eigenvalue weighted by Gasteiger charge is 2.29. The number of ketones is 1. The average Bonchev–Trinajstić information content (AvgIpc) is 3.13. The first kappa shape index (κ1) is 12.4. The van der Waals surface area contributed by atoms with Gasteiger partial charge < -0.3 is 10.1 Å². The number of rotatable bonds is 5. The molecule has 92 valence electrons. The van der Waals surface area contributed by atoms with Crippen molar-refractivity contribution in [1.29, 1.82) is 0 Å². The standard InChI is InChI=1S/C12H13BrFNO2/c1-17-12-5-9(14)8(13)4-10(12)15-6-11(16)7-2-3-7/h4-5,7,15H,2-3,6H2,1H3. The number of carbonyl (C=O) groups is 1. The summed E-state index contributed by atoms with van der Waals surface area (Å²) in [5.41, 5.74) is 0.620. The van der Waals surface area contributed by atoms with E-state index < -0.39 is 0 Å². The van der Waals surface area contributed by atoms with Gasteiger partial charge in [0.1, 0.15) is 11.6 Å². The summed E-state index contributed by atoms with van der Waals surface area (Å²) in [6.07, 6.45) is 1.98. The molecule has 1 aliphatic rings. The van der Waals surface area contributed by atoms with E-state index in [1.54, 1.807) is 6.07 Å². The van der Waals surface area contributed by atoms with Gasteiger partial charge in [-0.1, -0.05) is 0 Å². The lowest BCUT2D eigenvalue weighted by Crippen LogP contribution is -2.15. The van der Waals surface area contributed by atoms with Gasteiger partial charge in [0.15, 0.2) is 5.78 Å². The smallest absolute Gasteiger partial charge is 0.154 e. The van der Waals surface area contributed by atoms with Gasteiger partial charge in [-0.05, 0) is 34.8 Å². The van der Waals surface area contributed by atoms with Gasteiger partial charge in [-0.25, -0.2) is 4.39 Å². The third-order valence-corrected chi connectivity index (χ3v) is 3.34. The summed E-state index contributed by atoms with van der Waals surface area (Å²) in [7, 11) is 1.47. The molecule has 1 N–H and O–H groups in total. The van der Waals surface area contributed by atoms with Crippen LogP contribution in [0.15, 0.2) is 16.6 Å². The Kier molecular flexibility index (Phi) is 3.66. The van der Waals surface area contributed by atoms with Crippen LogP contribution in [0.25, 0.3) is 0 Å². The first-order valence-electron chi connectivity index (χ1n) is 5.41. The number of halogens is 2. The number of hydrogen-bond donors (Lipinski definition) is 1. The first-order chi connectivity index (χ1) is 8.11. The summed E-state index contributed by atoms with van der Waals surface area (Å²) in [6, 6.07) is 2.86. The molecule has 5 heteroatoms. The van der Waals surface area contributed by atoms with Gasteiger partial charge in [-0.2, -0.15) is 0 Å². The number of hydrogen-bond acceptors (Lipinski definition) is 3. The Balaban J connectivity index is 2.08. The summed E-state index contributed by atoms with van der Waals surface area (Å²) >= 11 is 3.10. The van der Waals surface area contributed by atoms with Crippen LogP contribution in [-0.2, 0) is 4.79 Å². The summed E-state index contributed by atoms with van der Waals surface area (Å²) < 4.78 is 18.7. The second-order valence-electron chi connectivity index (χ2n) is 4.06. The van der Waals surface area contributed by atoms with Crippen LogP contribution in [0.5, 0.6) is 5.75 Å². The zero-order chi connectivity index (χ0) is 12.4. The fourth-order valence-electron chi connectivity index (χ4n) is 1.57. The Bertz CT molecular complexity index is 446. The Morgan fingerprint density at radius 1 is 1.59 bits per heavy atom. The molecule has 0 heterocycles. The van der Waals surface area contributed by atoms with E-state index >= 15 is 0 Å². The molecule has 0 radical (unpaired) electrons. The van der Waals surface area contributed by atoms with Crippen molar-refractivity contribution < 1.29 is 13.9 Å². The number of methoxy groups -OCH3 is 1. The topological polar surface area (TPSA) is 38.3 Å². The molecule has 0 unspecified atom stereocenters. The quantitative estimate of drug-likeness (QED) is 0.908. The van der Waals surface area contributed by atoms with E-state index in [-0.39, 0.29) is 24.1 Å². The summed E-state index contributed by atoms with van der Waals surface area (Å²) in [5.74, 6) is 0.431. The van der Waals surface area contributed by atoms with Crippen molar-refractivity contribution >= 4 is 27.4 Å². The molecule has 0 saturated heterocycles. The molecule has 0 aliphatic heterocycles. The van der Waals surface area contributed by atoms with Crippen molar-refractivity contribution in [1.82, 2.24) is 0 Å². The maximum atomic E-state index is 13.3. The molecule has 17 heavy (non-hydrogen) atoms. The molecule has 0 aromatic heterocycles. The van der Waals surface area contributed by atoms with Crippen molar-refractivity contribution in [2.24, 2.45) is 5.92 Å². The molecule has 0 spiro atoms. The lowest BCUT2D eigenvalue weighted by Gasteiger charge is -2.11. The Labute approximate surface area is 107 Å². The fourth-order valence-corrected chi connectivity index (χ4v) is 1.91. The lowest BCUT2D eigenvalue weighted by atomic mass is 10.2. The number of carbonyl (C=O) groups excluding carboxylic acids is 1. The molecule has 1 aliphatic carbocycles. The van der Waals surface area contributed by atoms with Crippen molar-refractivity contribution in [3.8, 4) is 5.75 Å². The molecular weight excluding hydrogens is 289 g/mol. The van der Waals surface area contributed by atoms with Crippen LogP contribution in [0.2, 0.25) is 0 Å². The maximum Gasteiger partial charge on any atom is 0.154 e. The third kappa shape index (κ3) is 2.97. The number of anilines is 1. The van der Waals surface area contributed by atoms with Crippen LogP contribution in [-0.4, -0.2) is 19.4 Å². The van der Waals surface area contributed by atoms with Gasteiger partial charge in [-0.15, -0.1) is 0 Å². The minimum atomic E-state index is -0.388. The minimum Gasteiger partial charge on any atom is -0.494 e. The van der Waals surface area contributed by atoms with Crippen LogP contribution in [0, 0.1) is 11.7 Å². The predicted octanol–water partition coefficient (Wildman–Crippen LogP) is 2.99. The van der Waals surface area contributed by atoms with Crippen molar-refractivity contribution in [3.63, 3.8) is 0 Å². The molecule has 1 fully saturated rings. The van der Waals surface area contributed by atoms with Crippen LogP contribution in [0.3, 0.4) is 0 Å². The summed E-state index contributed by atoms with van der Waals surface area (Å²) in [4.78, 5) is 11.5. The Morgan fingerprint density at radius 2 is 2.29 bits per heavy atom. The molecular formula is C12H13BrFNO2. The first-order valence-corrected chi connectivity index (χ1v) is 6.20. The average molecular weight is 302 g/mol. The number of nitrogens with one attached hydrogen (secondary N) is 1. The second-order valence-corrected chi connectivity index (χ2v) is 4.92. The van der Waals surface area contributed by atoms with E-state index in [4.69, 9.17) is 4.74 Å². The van der Waals surface area contributed by atoms with E-state index in [9.17, 15) is 9.18 Å². The van der Waals surface area contributed by atoms with Gasteiger partial charge in [0.05, 0.1) is 23.8 Å². The summed E-state index contributed by atoms with van der Waals surface area (Å²) in [5, 5.41) is 2.98. The molecule has 2 rings (SSSR count). The SMILES string of the molecule is COc1cc(F)c(Br)cc1NCC(=O)C1CC1. The normalized spacial score (nSPS) is 14.5. The zero-order valence-corrected chi connectivity index (χ0v) is 11.0. The summed E-state index contributed by atoms with van der Waals surface area (Å²) in [6.45, 7) is 0.263. The van der Waals surface area contributed by atoms with Gasteiger partial charge in [0.2, 0.25) is 0 Å². The minimum absolute atomic E-state index is 0.201. The van der Waals surface area contributed by atoms with Crippen molar-refractivity contribution in [2.45, 2.75) is 12.8 Å². The highest BCUT2D eigenvalue weighted by molar-refractivity contribution is 9.10. The third-order valence-electron chi connectivity index (χ3n) is 2.73. The van der Waals surface area contributed by atoms with Crippen molar-refractivity contribution in [2.75, 3.05) is 19.0 Å². The molecule has 0 atom stereocenters. The molecule has 3 nitrogen and oxygen atoms in total. The second kappa shape index (κ2) is 5.04. The van der Waals surface area contributed by atoms with Crippen LogP contribution in [0.1, 0.15) is 12.8 Å². The van der Waals surface area contributed by atoms with E-state index in [1.807, 2.05) is 0 Å². The van der Waals surface area contributed by atoms with E-state index in [2.05, 4.69) is 21.2 Å². The largest absolute Gasteiger partial charge is 0.494 e. The van der Waals surface area contributed by atoms with Gasteiger partial charge in [0, 0.05) is 12.0 Å². The lowest BCUT2D eigenvalue weighted by molar-refractivity contribution is -0.118.